The number of hydrogen-bond donors (Lipinski definition) is 0. The Balaban J connectivity index is 2.57. The molecule has 8 heteroatoms. The molecule has 96 valence electrons. The molecule has 0 spiro atoms. The number of thiazole rings is 1. The van der Waals surface area contributed by atoms with Gasteiger partial charge in [0.15, 0.2) is 5.69 Å². The summed E-state index contributed by atoms with van der Waals surface area (Å²) in [6.07, 6.45) is -0.463. The van der Waals surface area contributed by atoms with Crippen molar-refractivity contribution < 1.29 is 17.4 Å². The van der Waals surface area contributed by atoms with Gasteiger partial charge in [0.25, 0.3) is 0 Å². The Labute approximate surface area is 107 Å². The van der Waals surface area contributed by atoms with Crippen LogP contribution in [0.2, 0.25) is 0 Å². The van der Waals surface area contributed by atoms with Gasteiger partial charge in [-0.15, -0.1) is 11.3 Å². The molecule has 0 saturated heterocycles. The number of halogens is 3. The molecule has 0 fully saturated rings. The van der Waals surface area contributed by atoms with E-state index in [1.165, 1.54) is 18.6 Å². The van der Waals surface area contributed by atoms with Crippen LogP contribution in [0.5, 0.6) is 0 Å². The number of hydrogen-bond acceptors (Lipinski definition) is 4. The molecule has 0 aliphatic rings. The van der Waals surface area contributed by atoms with Gasteiger partial charge in [0.2, 0.25) is 0 Å². The third-order valence-electron chi connectivity index (χ3n) is 2.03. The molecule has 0 aromatic carbocycles. The second kappa shape index (κ2) is 4.77. The summed E-state index contributed by atoms with van der Waals surface area (Å²) in [6, 6.07) is 3.21. The first-order chi connectivity index (χ1) is 8.39. The van der Waals surface area contributed by atoms with E-state index in [-0.39, 0.29) is 9.22 Å². The normalized spacial score (nSPS) is 13.6. The van der Waals surface area contributed by atoms with E-state index in [0.717, 1.165) is 11.3 Å². The van der Waals surface area contributed by atoms with E-state index in [9.17, 15) is 17.4 Å². The van der Waals surface area contributed by atoms with Crippen LogP contribution in [0.4, 0.5) is 13.2 Å². The van der Waals surface area contributed by atoms with Gasteiger partial charge in [-0.25, -0.2) is 4.98 Å². The summed E-state index contributed by atoms with van der Waals surface area (Å²) in [4.78, 5) is 7.35. The molecule has 2 aromatic rings. The SMILES string of the molecule is CS(=O)c1sc(-c2cccnc2)nc1C(F)(F)F. The molecule has 0 bridgehead atoms. The van der Waals surface area contributed by atoms with E-state index >= 15 is 0 Å². The number of aromatic nitrogens is 2. The summed E-state index contributed by atoms with van der Waals surface area (Å²) in [5.41, 5.74) is -0.600. The van der Waals surface area contributed by atoms with Crippen LogP contribution < -0.4 is 0 Å². The molecule has 0 aliphatic heterocycles. The van der Waals surface area contributed by atoms with Crippen molar-refractivity contribution in [3.05, 3.63) is 30.2 Å². The number of nitrogens with zero attached hydrogens (tertiary/aromatic N) is 2. The monoisotopic (exact) mass is 292 g/mol. The first kappa shape index (κ1) is 13.2. The Morgan fingerprint density at radius 1 is 1.39 bits per heavy atom. The van der Waals surface area contributed by atoms with Crippen molar-refractivity contribution in [1.29, 1.82) is 0 Å². The van der Waals surface area contributed by atoms with Gasteiger partial charge in [-0.3, -0.25) is 9.19 Å². The van der Waals surface area contributed by atoms with Gasteiger partial charge in [0.1, 0.15) is 9.22 Å². The van der Waals surface area contributed by atoms with Gasteiger partial charge in [-0.1, -0.05) is 0 Å². The Morgan fingerprint density at radius 2 is 2.11 bits per heavy atom. The van der Waals surface area contributed by atoms with E-state index in [1.54, 1.807) is 12.1 Å². The molecule has 0 saturated carbocycles. The first-order valence-electron chi connectivity index (χ1n) is 4.71. The highest BCUT2D eigenvalue weighted by molar-refractivity contribution is 7.86. The standard InChI is InChI=1S/C10H7F3N2OS2/c1-18(16)9-7(10(11,12)13)15-8(17-9)6-3-2-4-14-5-6/h2-5H,1H3. The smallest absolute Gasteiger partial charge is 0.264 e. The molecule has 0 amide bonds. The highest BCUT2D eigenvalue weighted by Gasteiger charge is 2.38. The molecule has 18 heavy (non-hydrogen) atoms. The zero-order valence-electron chi connectivity index (χ0n) is 9.06. The molecule has 1 unspecified atom stereocenters. The zero-order chi connectivity index (χ0) is 13.3. The number of pyridine rings is 1. The quantitative estimate of drug-likeness (QED) is 0.854. The van der Waals surface area contributed by atoms with Crippen molar-refractivity contribution in [2.75, 3.05) is 6.26 Å². The molecule has 3 nitrogen and oxygen atoms in total. The van der Waals surface area contributed by atoms with Crippen LogP contribution >= 0.6 is 11.3 Å². The third-order valence-corrected chi connectivity index (χ3v) is 4.60. The highest BCUT2D eigenvalue weighted by atomic mass is 32.2. The van der Waals surface area contributed by atoms with Crippen molar-refractivity contribution in [2.24, 2.45) is 0 Å². The maximum Gasteiger partial charge on any atom is 0.435 e. The Kier molecular flexibility index (Phi) is 3.49. The fourth-order valence-corrected chi connectivity index (χ4v) is 3.24. The van der Waals surface area contributed by atoms with Gasteiger partial charge in [-0.2, -0.15) is 13.2 Å². The van der Waals surface area contributed by atoms with Gasteiger partial charge in [-0.05, 0) is 12.1 Å². The van der Waals surface area contributed by atoms with Crippen molar-refractivity contribution in [3.8, 4) is 10.6 Å². The van der Waals surface area contributed by atoms with Crippen LogP contribution in [-0.2, 0) is 17.0 Å². The molecule has 2 rings (SSSR count). The van der Waals surface area contributed by atoms with E-state index < -0.39 is 22.7 Å². The minimum Gasteiger partial charge on any atom is -0.264 e. The number of alkyl halides is 3. The Bertz CT molecular complexity index is 581. The molecule has 0 N–H and O–H groups in total. The first-order valence-corrected chi connectivity index (χ1v) is 7.09. The van der Waals surface area contributed by atoms with Crippen LogP contribution in [0.25, 0.3) is 10.6 Å². The van der Waals surface area contributed by atoms with Gasteiger partial charge >= 0.3 is 6.18 Å². The van der Waals surface area contributed by atoms with Crippen molar-refractivity contribution in [1.82, 2.24) is 9.97 Å². The average molecular weight is 292 g/mol. The fraction of sp³-hybridized carbons (Fsp3) is 0.200. The maximum absolute atomic E-state index is 12.7. The molecular formula is C10H7F3N2OS2. The van der Waals surface area contributed by atoms with Crippen molar-refractivity contribution >= 4 is 22.1 Å². The minimum absolute atomic E-state index is 0.167. The third kappa shape index (κ3) is 2.59. The van der Waals surface area contributed by atoms with Crippen molar-refractivity contribution in [2.45, 2.75) is 10.4 Å². The second-order valence-electron chi connectivity index (χ2n) is 3.35. The summed E-state index contributed by atoms with van der Waals surface area (Å²) in [5, 5.41) is 0.167. The molecule has 2 heterocycles. The van der Waals surface area contributed by atoms with Gasteiger partial charge in [0.05, 0.1) is 10.8 Å². The minimum atomic E-state index is -4.60. The molecule has 0 radical (unpaired) electrons. The van der Waals surface area contributed by atoms with Crippen molar-refractivity contribution in [3.63, 3.8) is 0 Å². The Hall–Kier alpha value is -1.28. The Morgan fingerprint density at radius 3 is 2.56 bits per heavy atom. The maximum atomic E-state index is 12.7. The second-order valence-corrected chi connectivity index (χ2v) is 5.92. The molecule has 1 atom stereocenters. The van der Waals surface area contributed by atoms with E-state index in [4.69, 9.17) is 0 Å². The van der Waals surface area contributed by atoms with Gasteiger partial charge in [0, 0.05) is 24.2 Å². The fourth-order valence-electron chi connectivity index (χ4n) is 1.29. The lowest BCUT2D eigenvalue weighted by molar-refractivity contribution is -0.142. The summed E-state index contributed by atoms with van der Waals surface area (Å²) in [7, 11) is -1.72. The summed E-state index contributed by atoms with van der Waals surface area (Å²) in [6.45, 7) is 0. The summed E-state index contributed by atoms with van der Waals surface area (Å²) in [5.74, 6) is 0. The molecule has 0 aliphatic carbocycles. The van der Waals surface area contributed by atoms with E-state index in [1.807, 2.05) is 0 Å². The lowest BCUT2D eigenvalue weighted by Gasteiger charge is -2.03. The lowest BCUT2D eigenvalue weighted by Crippen LogP contribution is -2.08. The van der Waals surface area contributed by atoms with Crippen LogP contribution in [0.1, 0.15) is 5.69 Å². The topological polar surface area (TPSA) is 42.9 Å². The summed E-state index contributed by atoms with van der Waals surface area (Å²) >= 11 is 0.776. The predicted molar refractivity (Wildman–Crippen MR) is 62.7 cm³/mol. The highest BCUT2D eigenvalue weighted by Crippen LogP contribution is 2.38. The van der Waals surface area contributed by atoms with E-state index in [2.05, 4.69) is 9.97 Å². The lowest BCUT2D eigenvalue weighted by atomic mass is 10.3. The van der Waals surface area contributed by atoms with Crippen LogP contribution in [0, 0.1) is 0 Å². The predicted octanol–water partition coefficient (Wildman–Crippen LogP) is 2.96. The van der Waals surface area contributed by atoms with Crippen LogP contribution in [0.3, 0.4) is 0 Å². The van der Waals surface area contributed by atoms with Crippen LogP contribution in [-0.4, -0.2) is 20.4 Å². The molecule has 2 aromatic heterocycles. The average Bonchev–Trinajstić information content (AvgIpc) is 2.74. The van der Waals surface area contributed by atoms with E-state index in [0.29, 0.717) is 5.56 Å². The summed E-state index contributed by atoms with van der Waals surface area (Å²) < 4.78 is 49.3. The number of rotatable bonds is 2. The largest absolute Gasteiger partial charge is 0.435 e. The zero-order valence-corrected chi connectivity index (χ0v) is 10.7. The van der Waals surface area contributed by atoms with Gasteiger partial charge < -0.3 is 0 Å². The van der Waals surface area contributed by atoms with Crippen LogP contribution in [0.15, 0.2) is 28.7 Å². The molecular weight excluding hydrogens is 285 g/mol.